The Labute approximate surface area is 142 Å². The minimum atomic E-state index is -3.74. The van der Waals surface area contributed by atoms with Crippen LogP contribution in [0.25, 0.3) is 0 Å². The zero-order valence-corrected chi connectivity index (χ0v) is 14.7. The third-order valence-electron chi connectivity index (χ3n) is 4.30. The quantitative estimate of drug-likeness (QED) is 0.834. The highest BCUT2D eigenvalue weighted by atomic mass is 32.2. The average Bonchev–Trinajstić information content (AvgIpc) is 2.55. The van der Waals surface area contributed by atoms with Crippen LogP contribution in [0.5, 0.6) is 0 Å². The summed E-state index contributed by atoms with van der Waals surface area (Å²) in [5, 5.41) is 0. The number of piperidine rings is 1. The van der Waals surface area contributed by atoms with E-state index in [4.69, 9.17) is 4.74 Å². The van der Waals surface area contributed by atoms with Crippen LogP contribution in [0.2, 0.25) is 0 Å². The van der Waals surface area contributed by atoms with E-state index in [-0.39, 0.29) is 29.9 Å². The summed E-state index contributed by atoms with van der Waals surface area (Å²) >= 11 is 0. The highest BCUT2D eigenvalue weighted by molar-refractivity contribution is 7.89. The van der Waals surface area contributed by atoms with Crippen LogP contribution in [0, 0.1) is 11.7 Å². The second-order valence-electron chi connectivity index (χ2n) is 5.98. The summed E-state index contributed by atoms with van der Waals surface area (Å²) in [6, 6.07) is 4.54. The molecule has 1 aliphatic rings. The second-order valence-corrected chi connectivity index (χ2v) is 7.75. The van der Waals surface area contributed by atoms with Crippen LogP contribution in [-0.4, -0.2) is 52.1 Å². The first-order valence-electron chi connectivity index (χ1n) is 7.89. The van der Waals surface area contributed by atoms with E-state index in [0.717, 1.165) is 18.6 Å². The fourth-order valence-corrected chi connectivity index (χ4v) is 3.75. The summed E-state index contributed by atoms with van der Waals surface area (Å²) in [5.41, 5.74) is 0. The van der Waals surface area contributed by atoms with Crippen LogP contribution in [0.4, 0.5) is 4.39 Å². The van der Waals surface area contributed by atoms with Gasteiger partial charge in [0.2, 0.25) is 15.9 Å². The summed E-state index contributed by atoms with van der Waals surface area (Å²) in [5.74, 6) is -0.210. The molecule has 0 aromatic heterocycles. The fraction of sp³-hybridized carbons (Fsp3) is 0.562. The standard InChI is InChI=1S/C16H23FN2O4S/c1-12-8-10-19(11-15(12)23-2)16(20)7-9-18-24(21,22)14-5-3-13(17)4-6-14/h3-6,12,15,18H,7-11H2,1-2H3/t12-,15-/m0/s1. The summed E-state index contributed by atoms with van der Waals surface area (Å²) in [4.78, 5) is 13.9. The molecule has 0 radical (unpaired) electrons. The van der Waals surface area contributed by atoms with Crippen molar-refractivity contribution in [1.29, 1.82) is 0 Å². The molecule has 0 bridgehead atoms. The Morgan fingerprint density at radius 2 is 2.04 bits per heavy atom. The highest BCUT2D eigenvalue weighted by Gasteiger charge is 2.28. The molecule has 6 nitrogen and oxygen atoms in total. The van der Waals surface area contributed by atoms with Crippen molar-refractivity contribution < 1.29 is 22.3 Å². The van der Waals surface area contributed by atoms with Crippen LogP contribution in [0.1, 0.15) is 19.8 Å². The van der Waals surface area contributed by atoms with Crippen molar-refractivity contribution in [2.75, 3.05) is 26.7 Å². The number of sulfonamides is 1. The molecule has 2 rings (SSSR count). The van der Waals surface area contributed by atoms with Gasteiger partial charge in [0.1, 0.15) is 5.82 Å². The minimum Gasteiger partial charge on any atom is -0.379 e. The van der Waals surface area contributed by atoms with E-state index in [1.807, 2.05) is 0 Å². The van der Waals surface area contributed by atoms with E-state index in [1.165, 1.54) is 12.1 Å². The van der Waals surface area contributed by atoms with Crippen molar-refractivity contribution in [3.05, 3.63) is 30.1 Å². The van der Waals surface area contributed by atoms with Crippen LogP contribution < -0.4 is 4.72 Å². The van der Waals surface area contributed by atoms with Crippen molar-refractivity contribution >= 4 is 15.9 Å². The Morgan fingerprint density at radius 3 is 2.67 bits per heavy atom. The van der Waals surface area contributed by atoms with Gasteiger partial charge in [-0.05, 0) is 36.6 Å². The number of methoxy groups -OCH3 is 1. The topological polar surface area (TPSA) is 75.7 Å². The van der Waals surface area contributed by atoms with Gasteiger partial charge in [-0.2, -0.15) is 0 Å². The number of ether oxygens (including phenoxy) is 1. The van der Waals surface area contributed by atoms with E-state index in [0.29, 0.717) is 19.0 Å². The van der Waals surface area contributed by atoms with Gasteiger partial charge in [0.15, 0.2) is 0 Å². The summed E-state index contributed by atoms with van der Waals surface area (Å²) < 4.78 is 44.7. The molecule has 1 heterocycles. The molecular formula is C16H23FN2O4S. The molecule has 1 fully saturated rings. The van der Waals surface area contributed by atoms with Crippen molar-refractivity contribution in [3.63, 3.8) is 0 Å². The predicted molar refractivity (Wildman–Crippen MR) is 87.4 cm³/mol. The van der Waals surface area contributed by atoms with E-state index < -0.39 is 15.8 Å². The number of carbonyl (C=O) groups excluding carboxylic acids is 1. The largest absolute Gasteiger partial charge is 0.379 e. The van der Waals surface area contributed by atoms with Crippen LogP contribution in [0.3, 0.4) is 0 Å². The maximum absolute atomic E-state index is 12.9. The molecule has 2 atom stereocenters. The zero-order chi connectivity index (χ0) is 17.7. The zero-order valence-electron chi connectivity index (χ0n) is 13.9. The monoisotopic (exact) mass is 358 g/mol. The lowest BCUT2D eigenvalue weighted by atomic mass is 9.95. The predicted octanol–water partition coefficient (Wildman–Crippen LogP) is 1.38. The number of nitrogens with zero attached hydrogens (tertiary/aromatic N) is 1. The van der Waals surface area contributed by atoms with E-state index >= 15 is 0 Å². The molecule has 1 amide bonds. The van der Waals surface area contributed by atoms with E-state index in [2.05, 4.69) is 11.6 Å². The van der Waals surface area contributed by atoms with Gasteiger partial charge in [0, 0.05) is 33.2 Å². The number of benzene rings is 1. The Bertz CT molecular complexity index is 663. The highest BCUT2D eigenvalue weighted by Crippen LogP contribution is 2.20. The summed E-state index contributed by atoms with van der Waals surface area (Å²) in [7, 11) is -2.11. The lowest BCUT2D eigenvalue weighted by Gasteiger charge is -2.36. The molecule has 1 N–H and O–H groups in total. The molecule has 0 saturated carbocycles. The SMILES string of the molecule is CO[C@H]1CN(C(=O)CCNS(=O)(=O)c2ccc(F)cc2)CC[C@@H]1C. The molecule has 0 aliphatic carbocycles. The van der Waals surface area contributed by atoms with Gasteiger partial charge < -0.3 is 9.64 Å². The fourth-order valence-electron chi connectivity index (χ4n) is 2.71. The van der Waals surface area contributed by atoms with Gasteiger partial charge in [-0.25, -0.2) is 17.5 Å². The number of rotatable bonds is 6. The molecule has 134 valence electrons. The molecule has 0 spiro atoms. The molecular weight excluding hydrogens is 335 g/mol. The van der Waals surface area contributed by atoms with Crippen molar-refractivity contribution in [1.82, 2.24) is 9.62 Å². The molecule has 1 saturated heterocycles. The number of halogens is 1. The Balaban J connectivity index is 1.85. The Morgan fingerprint density at radius 1 is 1.38 bits per heavy atom. The maximum atomic E-state index is 12.9. The third kappa shape index (κ3) is 4.75. The Kier molecular flexibility index (Phi) is 6.31. The number of likely N-dealkylation sites (tertiary alicyclic amines) is 1. The molecule has 1 aliphatic heterocycles. The normalized spacial score (nSPS) is 21.7. The molecule has 1 aromatic rings. The van der Waals surface area contributed by atoms with Gasteiger partial charge in [-0.3, -0.25) is 4.79 Å². The lowest BCUT2D eigenvalue weighted by Crippen LogP contribution is -2.47. The second kappa shape index (κ2) is 8.04. The van der Waals surface area contributed by atoms with E-state index in [9.17, 15) is 17.6 Å². The number of hydrogen-bond donors (Lipinski definition) is 1. The van der Waals surface area contributed by atoms with Crippen molar-refractivity contribution in [2.45, 2.75) is 30.8 Å². The molecule has 24 heavy (non-hydrogen) atoms. The summed E-state index contributed by atoms with van der Waals surface area (Å²) in [6.07, 6.45) is 0.954. The van der Waals surface area contributed by atoms with Crippen LogP contribution >= 0.6 is 0 Å². The van der Waals surface area contributed by atoms with Crippen LogP contribution in [0.15, 0.2) is 29.2 Å². The number of carbonyl (C=O) groups is 1. The molecule has 0 unspecified atom stereocenters. The first-order valence-corrected chi connectivity index (χ1v) is 9.37. The third-order valence-corrected chi connectivity index (χ3v) is 5.78. The van der Waals surface area contributed by atoms with Crippen molar-refractivity contribution in [3.8, 4) is 0 Å². The van der Waals surface area contributed by atoms with E-state index in [1.54, 1.807) is 12.0 Å². The van der Waals surface area contributed by atoms with Crippen molar-refractivity contribution in [2.24, 2.45) is 5.92 Å². The number of amides is 1. The minimum absolute atomic E-state index is 0.00223. The van der Waals surface area contributed by atoms with Gasteiger partial charge in [-0.1, -0.05) is 6.92 Å². The average molecular weight is 358 g/mol. The van der Waals surface area contributed by atoms with Crippen LogP contribution in [-0.2, 0) is 19.6 Å². The molecule has 8 heteroatoms. The van der Waals surface area contributed by atoms with Gasteiger partial charge >= 0.3 is 0 Å². The molecule has 1 aromatic carbocycles. The maximum Gasteiger partial charge on any atom is 0.240 e. The number of nitrogens with one attached hydrogen (secondary N) is 1. The number of hydrogen-bond acceptors (Lipinski definition) is 4. The van der Waals surface area contributed by atoms with Gasteiger partial charge in [0.05, 0.1) is 11.0 Å². The first kappa shape index (κ1) is 18.8. The lowest BCUT2D eigenvalue weighted by molar-refractivity contribution is -0.136. The van der Waals surface area contributed by atoms with Gasteiger partial charge in [0.25, 0.3) is 0 Å². The summed E-state index contributed by atoms with van der Waals surface area (Å²) in [6.45, 7) is 3.28. The first-order chi connectivity index (χ1) is 11.3. The smallest absolute Gasteiger partial charge is 0.240 e. The Hall–Kier alpha value is -1.51. The van der Waals surface area contributed by atoms with Gasteiger partial charge in [-0.15, -0.1) is 0 Å².